The maximum absolute atomic E-state index is 10.3. The molecule has 0 saturated carbocycles. The molecule has 0 fully saturated rings. The summed E-state index contributed by atoms with van der Waals surface area (Å²) in [6.45, 7) is 6.38. The van der Waals surface area contributed by atoms with Crippen LogP contribution in [0.5, 0.6) is 0 Å². The number of aryl methyl sites for hydroxylation is 1. The highest BCUT2D eigenvalue weighted by molar-refractivity contribution is 5.81. The lowest BCUT2D eigenvalue weighted by molar-refractivity contribution is 0.0914. The summed E-state index contributed by atoms with van der Waals surface area (Å²) in [5.41, 5.74) is 2.12. The first kappa shape index (κ1) is 13.1. The number of rotatable bonds is 4. The Bertz CT molecular complexity index is 530. The van der Waals surface area contributed by atoms with Crippen molar-refractivity contribution in [2.75, 3.05) is 0 Å². The molecule has 0 amide bonds. The van der Waals surface area contributed by atoms with Gasteiger partial charge in [0.05, 0.1) is 17.3 Å². The summed E-state index contributed by atoms with van der Waals surface area (Å²) in [7, 11) is 1.95. The summed E-state index contributed by atoms with van der Waals surface area (Å²) in [6, 6.07) is 8.17. The average Bonchev–Trinajstić information content (AvgIpc) is 2.66. The fraction of sp³-hybridized carbons (Fsp3) is 0.533. The number of fused-ring (bicyclic) bond motifs is 1. The van der Waals surface area contributed by atoms with E-state index in [1.54, 1.807) is 0 Å². The second kappa shape index (κ2) is 5.11. The van der Waals surface area contributed by atoms with E-state index < -0.39 is 0 Å². The van der Waals surface area contributed by atoms with Crippen molar-refractivity contribution < 1.29 is 5.11 Å². The summed E-state index contributed by atoms with van der Waals surface area (Å²) in [5.74, 6) is 0.765. The standard InChI is InChI=1S/C15H22N2O/c1-10(2)11(3)15(18)9-13-12-7-5-6-8-14(12)17(4)16-13/h5-8,10-11,15,18H,9H2,1-4H3. The monoisotopic (exact) mass is 246 g/mol. The first-order valence-electron chi connectivity index (χ1n) is 6.59. The van der Waals surface area contributed by atoms with Crippen LogP contribution in [0.1, 0.15) is 26.5 Å². The van der Waals surface area contributed by atoms with Crippen LogP contribution in [0.3, 0.4) is 0 Å². The maximum Gasteiger partial charge on any atom is 0.0729 e. The van der Waals surface area contributed by atoms with E-state index in [1.807, 2.05) is 23.9 Å². The molecule has 3 heteroatoms. The van der Waals surface area contributed by atoms with Gasteiger partial charge < -0.3 is 5.11 Å². The molecule has 1 N–H and O–H groups in total. The van der Waals surface area contributed by atoms with Crippen LogP contribution in [0, 0.1) is 11.8 Å². The Balaban J connectivity index is 2.27. The first-order chi connectivity index (χ1) is 8.50. The van der Waals surface area contributed by atoms with Gasteiger partial charge in [0.2, 0.25) is 0 Å². The van der Waals surface area contributed by atoms with Gasteiger partial charge in [0.25, 0.3) is 0 Å². The van der Waals surface area contributed by atoms with Gasteiger partial charge in [0.15, 0.2) is 0 Å². The summed E-state index contributed by atoms with van der Waals surface area (Å²) in [5, 5.41) is 15.9. The zero-order valence-electron chi connectivity index (χ0n) is 11.6. The summed E-state index contributed by atoms with van der Waals surface area (Å²) in [6.07, 6.45) is 0.295. The van der Waals surface area contributed by atoms with Crippen molar-refractivity contribution >= 4 is 10.9 Å². The molecule has 2 atom stereocenters. The van der Waals surface area contributed by atoms with Crippen molar-refractivity contribution in [3.8, 4) is 0 Å². The van der Waals surface area contributed by atoms with Crippen LogP contribution in [0.25, 0.3) is 10.9 Å². The van der Waals surface area contributed by atoms with Crippen molar-refractivity contribution in [1.29, 1.82) is 0 Å². The number of para-hydroxylation sites is 1. The van der Waals surface area contributed by atoms with Gasteiger partial charge in [-0.15, -0.1) is 0 Å². The van der Waals surface area contributed by atoms with Crippen LogP contribution in [0.15, 0.2) is 24.3 Å². The van der Waals surface area contributed by atoms with Gasteiger partial charge in [-0.05, 0) is 17.9 Å². The molecule has 0 aliphatic rings. The minimum absolute atomic E-state index is 0.283. The van der Waals surface area contributed by atoms with Gasteiger partial charge in [-0.2, -0.15) is 5.10 Å². The Labute approximate surface area is 108 Å². The summed E-state index contributed by atoms with van der Waals surface area (Å²) in [4.78, 5) is 0. The molecular formula is C15H22N2O. The van der Waals surface area contributed by atoms with Crippen LogP contribution in [-0.4, -0.2) is 21.0 Å². The topological polar surface area (TPSA) is 38.1 Å². The van der Waals surface area contributed by atoms with Gasteiger partial charge in [0, 0.05) is 18.9 Å². The van der Waals surface area contributed by atoms with Crippen molar-refractivity contribution in [2.45, 2.75) is 33.3 Å². The van der Waals surface area contributed by atoms with Gasteiger partial charge in [-0.1, -0.05) is 39.0 Å². The number of hydrogen-bond acceptors (Lipinski definition) is 2. The number of aliphatic hydroxyl groups is 1. The molecule has 0 saturated heterocycles. The second-order valence-electron chi connectivity index (χ2n) is 5.46. The number of nitrogens with zero attached hydrogens (tertiary/aromatic N) is 2. The third kappa shape index (κ3) is 2.41. The van der Waals surface area contributed by atoms with E-state index in [-0.39, 0.29) is 12.0 Å². The predicted octanol–water partition coefficient (Wildman–Crippen LogP) is 2.77. The lowest BCUT2D eigenvalue weighted by Crippen LogP contribution is -2.24. The highest BCUT2D eigenvalue weighted by atomic mass is 16.3. The Morgan fingerprint density at radius 3 is 2.56 bits per heavy atom. The van der Waals surface area contributed by atoms with Crippen LogP contribution in [0.2, 0.25) is 0 Å². The number of benzene rings is 1. The molecule has 0 bridgehead atoms. The van der Waals surface area contributed by atoms with Gasteiger partial charge >= 0.3 is 0 Å². The molecule has 0 aliphatic carbocycles. The molecular weight excluding hydrogens is 224 g/mol. The minimum Gasteiger partial charge on any atom is -0.392 e. The van der Waals surface area contributed by atoms with E-state index in [2.05, 4.69) is 38.0 Å². The third-order valence-electron chi connectivity index (χ3n) is 3.90. The lowest BCUT2D eigenvalue weighted by Gasteiger charge is -2.21. The average molecular weight is 246 g/mol. The van der Waals surface area contributed by atoms with E-state index in [0.29, 0.717) is 12.3 Å². The molecule has 1 aromatic carbocycles. The van der Waals surface area contributed by atoms with Crippen LogP contribution in [-0.2, 0) is 13.5 Å². The molecule has 0 aliphatic heterocycles. The minimum atomic E-state index is -0.330. The summed E-state index contributed by atoms with van der Waals surface area (Å²) < 4.78 is 1.89. The van der Waals surface area contributed by atoms with Crippen LogP contribution >= 0.6 is 0 Å². The molecule has 1 heterocycles. The van der Waals surface area contributed by atoms with Gasteiger partial charge in [-0.3, -0.25) is 4.68 Å². The third-order valence-corrected chi connectivity index (χ3v) is 3.90. The Morgan fingerprint density at radius 1 is 1.22 bits per heavy atom. The van der Waals surface area contributed by atoms with E-state index in [9.17, 15) is 5.11 Å². The fourth-order valence-corrected chi connectivity index (χ4v) is 2.27. The van der Waals surface area contributed by atoms with Crippen LogP contribution < -0.4 is 0 Å². The van der Waals surface area contributed by atoms with Crippen molar-refractivity contribution in [1.82, 2.24) is 9.78 Å². The molecule has 18 heavy (non-hydrogen) atoms. The van der Waals surface area contributed by atoms with E-state index in [1.165, 1.54) is 0 Å². The normalized spacial score (nSPS) is 15.2. The van der Waals surface area contributed by atoms with Crippen molar-refractivity contribution in [3.05, 3.63) is 30.0 Å². The Hall–Kier alpha value is -1.35. The van der Waals surface area contributed by atoms with E-state index >= 15 is 0 Å². The second-order valence-corrected chi connectivity index (χ2v) is 5.46. The zero-order chi connectivity index (χ0) is 13.3. The molecule has 2 unspecified atom stereocenters. The number of hydrogen-bond donors (Lipinski definition) is 1. The highest BCUT2D eigenvalue weighted by Crippen LogP contribution is 2.22. The summed E-state index contributed by atoms with van der Waals surface area (Å²) >= 11 is 0. The predicted molar refractivity (Wildman–Crippen MR) is 74.4 cm³/mol. The molecule has 3 nitrogen and oxygen atoms in total. The maximum atomic E-state index is 10.3. The number of aliphatic hydroxyl groups excluding tert-OH is 1. The number of aromatic nitrogens is 2. The zero-order valence-corrected chi connectivity index (χ0v) is 11.6. The molecule has 2 aromatic rings. The van der Waals surface area contributed by atoms with Crippen molar-refractivity contribution in [3.63, 3.8) is 0 Å². The lowest BCUT2D eigenvalue weighted by atomic mass is 9.89. The quantitative estimate of drug-likeness (QED) is 0.900. The highest BCUT2D eigenvalue weighted by Gasteiger charge is 2.20. The smallest absolute Gasteiger partial charge is 0.0729 e. The fourth-order valence-electron chi connectivity index (χ4n) is 2.27. The Morgan fingerprint density at radius 2 is 1.89 bits per heavy atom. The molecule has 0 radical (unpaired) electrons. The Kier molecular flexibility index (Phi) is 3.71. The van der Waals surface area contributed by atoms with Crippen molar-refractivity contribution in [2.24, 2.45) is 18.9 Å². The largest absolute Gasteiger partial charge is 0.392 e. The van der Waals surface area contributed by atoms with E-state index in [4.69, 9.17) is 0 Å². The molecule has 98 valence electrons. The SMILES string of the molecule is CC(C)C(C)C(O)Cc1nn(C)c2ccccc12. The van der Waals surface area contributed by atoms with Gasteiger partial charge in [0.1, 0.15) is 0 Å². The molecule has 1 aromatic heterocycles. The molecule has 2 rings (SSSR count). The molecule has 0 spiro atoms. The van der Waals surface area contributed by atoms with Crippen LogP contribution in [0.4, 0.5) is 0 Å². The van der Waals surface area contributed by atoms with Gasteiger partial charge in [-0.25, -0.2) is 0 Å². The first-order valence-corrected chi connectivity index (χ1v) is 6.59. The van der Waals surface area contributed by atoms with E-state index in [0.717, 1.165) is 16.6 Å².